The fourth-order valence-electron chi connectivity index (χ4n) is 1.71. The van der Waals surface area contributed by atoms with E-state index in [0.717, 1.165) is 0 Å². The molecule has 0 bridgehead atoms. The van der Waals surface area contributed by atoms with Gasteiger partial charge in [-0.05, 0) is 58.2 Å². The molecule has 1 heterocycles. The van der Waals surface area contributed by atoms with Gasteiger partial charge in [-0.25, -0.2) is 13.1 Å². The van der Waals surface area contributed by atoms with Crippen molar-refractivity contribution in [1.29, 1.82) is 0 Å². The number of anilines is 1. The topological polar surface area (TPSA) is 88.4 Å². The highest BCUT2D eigenvalue weighted by Crippen LogP contribution is 2.18. The van der Waals surface area contributed by atoms with Crippen molar-refractivity contribution in [2.75, 3.05) is 11.9 Å². The van der Waals surface area contributed by atoms with Gasteiger partial charge < -0.3 is 9.73 Å². The Kier molecular flexibility index (Phi) is 5.61. The normalized spacial score (nSPS) is 11.7. The SMILES string of the molecule is CC(C)CNS(=O)(=O)c1ccc(NC(=O)c2ccc(Br)o2)cc1. The van der Waals surface area contributed by atoms with Gasteiger partial charge in [0, 0.05) is 12.2 Å². The van der Waals surface area contributed by atoms with E-state index in [0.29, 0.717) is 16.9 Å². The van der Waals surface area contributed by atoms with Crippen LogP contribution in [0.5, 0.6) is 0 Å². The molecule has 0 radical (unpaired) electrons. The largest absolute Gasteiger partial charge is 0.444 e. The van der Waals surface area contributed by atoms with Crippen molar-refractivity contribution in [2.24, 2.45) is 5.92 Å². The lowest BCUT2D eigenvalue weighted by Gasteiger charge is -2.09. The van der Waals surface area contributed by atoms with Gasteiger partial charge in [0.1, 0.15) is 0 Å². The van der Waals surface area contributed by atoms with E-state index in [2.05, 4.69) is 26.0 Å². The Bertz CT molecular complexity index is 782. The van der Waals surface area contributed by atoms with Crippen LogP contribution in [0, 0.1) is 5.92 Å². The first-order valence-electron chi connectivity index (χ1n) is 6.94. The van der Waals surface area contributed by atoms with Gasteiger partial charge in [0.2, 0.25) is 10.0 Å². The molecule has 1 amide bonds. The summed E-state index contributed by atoms with van der Waals surface area (Å²) in [5.41, 5.74) is 0.477. The second-order valence-corrected chi connectivity index (χ2v) is 7.88. The number of sulfonamides is 1. The van der Waals surface area contributed by atoms with Gasteiger partial charge in [-0.2, -0.15) is 0 Å². The molecule has 0 spiro atoms. The van der Waals surface area contributed by atoms with Crippen LogP contribution in [0.2, 0.25) is 0 Å². The molecule has 23 heavy (non-hydrogen) atoms. The molecule has 2 rings (SSSR count). The highest BCUT2D eigenvalue weighted by molar-refractivity contribution is 9.10. The van der Waals surface area contributed by atoms with Crippen molar-refractivity contribution in [3.63, 3.8) is 0 Å². The summed E-state index contributed by atoms with van der Waals surface area (Å²) in [6, 6.07) is 9.09. The third-order valence-corrected chi connectivity index (χ3v) is 4.77. The van der Waals surface area contributed by atoms with Gasteiger partial charge in [-0.1, -0.05) is 13.8 Å². The number of hydrogen-bond donors (Lipinski definition) is 2. The number of furan rings is 1. The molecule has 0 aliphatic rings. The van der Waals surface area contributed by atoms with E-state index < -0.39 is 15.9 Å². The molecule has 2 aromatic rings. The fourth-order valence-corrected chi connectivity index (χ4v) is 3.23. The van der Waals surface area contributed by atoms with E-state index in [9.17, 15) is 13.2 Å². The number of hydrogen-bond acceptors (Lipinski definition) is 4. The van der Waals surface area contributed by atoms with Gasteiger partial charge in [0.25, 0.3) is 5.91 Å². The van der Waals surface area contributed by atoms with Gasteiger partial charge in [0.15, 0.2) is 10.4 Å². The standard InChI is InChI=1S/C15H17BrN2O4S/c1-10(2)9-17-23(20,21)12-5-3-11(4-6-12)18-15(19)13-7-8-14(16)22-13/h3-8,10,17H,9H2,1-2H3,(H,18,19). The first kappa shape index (κ1) is 17.7. The van der Waals surface area contributed by atoms with Crippen molar-refractivity contribution in [1.82, 2.24) is 4.72 Å². The van der Waals surface area contributed by atoms with E-state index in [1.54, 1.807) is 6.07 Å². The number of carbonyl (C=O) groups is 1. The van der Waals surface area contributed by atoms with Crippen LogP contribution in [0.3, 0.4) is 0 Å². The summed E-state index contributed by atoms with van der Waals surface area (Å²) in [6.07, 6.45) is 0. The van der Waals surface area contributed by atoms with Crippen LogP contribution >= 0.6 is 15.9 Å². The summed E-state index contributed by atoms with van der Waals surface area (Å²) in [5.74, 6) is -0.0348. The molecular formula is C15H17BrN2O4S. The van der Waals surface area contributed by atoms with Gasteiger partial charge in [0.05, 0.1) is 4.90 Å². The minimum atomic E-state index is -3.54. The van der Waals surface area contributed by atoms with E-state index in [4.69, 9.17) is 4.42 Å². The number of benzene rings is 1. The maximum Gasteiger partial charge on any atom is 0.291 e. The van der Waals surface area contributed by atoms with Crippen LogP contribution in [-0.2, 0) is 10.0 Å². The van der Waals surface area contributed by atoms with Crippen LogP contribution in [-0.4, -0.2) is 20.9 Å². The maximum absolute atomic E-state index is 12.1. The summed E-state index contributed by atoms with van der Waals surface area (Å²) < 4.78 is 32.3. The highest BCUT2D eigenvalue weighted by atomic mass is 79.9. The highest BCUT2D eigenvalue weighted by Gasteiger charge is 2.15. The average Bonchev–Trinajstić information content (AvgIpc) is 2.93. The number of nitrogens with one attached hydrogen (secondary N) is 2. The van der Waals surface area contributed by atoms with Crippen LogP contribution in [0.25, 0.3) is 0 Å². The summed E-state index contributed by atoms with van der Waals surface area (Å²) in [7, 11) is -3.54. The summed E-state index contributed by atoms with van der Waals surface area (Å²) in [4.78, 5) is 12.1. The van der Waals surface area contributed by atoms with Crippen molar-refractivity contribution >= 4 is 37.5 Å². The van der Waals surface area contributed by atoms with Crippen LogP contribution in [0.4, 0.5) is 5.69 Å². The lowest BCUT2D eigenvalue weighted by atomic mass is 10.2. The molecule has 1 aromatic heterocycles. The second-order valence-electron chi connectivity index (χ2n) is 5.33. The Morgan fingerprint density at radius 3 is 2.35 bits per heavy atom. The first-order chi connectivity index (χ1) is 10.8. The molecule has 0 unspecified atom stereocenters. The molecule has 1 aromatic carbocycles. The Morgan fingerprint density at radius 2 is 1.83 bits per heavy atom. The second kappa shape index (κ2) is 7.29. The Labute approximate surface area is 143 Å². The molecule has 124 valence electrons. The predicted octanol–water partition coefficient (Wildman–Crippen LogP) is 3.23. The van der Waals surface area contributed by atoms with Crippen LogP contribution in [0.15, 0.2) is 50.4 Å². The average molecular weight is 401 g/mol. The lowest BCUT2D eigenvalue weighted by molar-refractivity contribution is 0.0995. The third kappa shape index (κ3) is 4.92. The maximum atomic E-state index is 12.1. The Morgan fingerprint density at radius 1 is 1.17 bits per heavy atom. The molecular weight excluding hydrogens is 384 g/mol. The smallest absolute Gasteiger partial charge is 0.291 e. The molecule has 0 saturated heterocycles. The predicted molar refractivity (Wildman–Crippen MR) is 90.8 cm³/mol. The van der Waals surface area contributed by atoms with E-state index in [-0.39, 0.29) is 16.6 Å². The van der Waals surface area contributed by atoms with Gasteiger partial charge in [-0.15, -0.1) is 0 Å². The van der Waals surface area contributed by atoms with Crippen LogP contribution < -0.4 is 10.0 Å². The van der Waals surface area contributed by atoms with Crippen molar-refractivity contribution in [3.8, 4) is 0 Å². The van der Waals surface area contributed by atoms with E-state index in [1.165, 1.54) is 30.3 Å². The van der Waals surface area contributed by atoms with E-state index >= 15 is 0 Å². The van der Waals surface area contributed by atoms with Gasteiger partial charge >= 0.3 is 0 Å². The quantitative estimate of drug-likeness (QED) is 0.778. The number of carbonyl (C=O) groups excluding carboxylic acids is 1. The zero-order chi connectivity index (χ0) is 17.0. The number of amides is 1. The summed E-state index contributed by atoms with van der Waals surface area (Å²) in [5, 5.41) is 2.63. The van der Waals surface area contributed by atoms with Gasteiger partial charge in [-0.3, -0.25) is 4.79 Å². The van der Waals surface area contributed by atoms with Crippen molar-refractivity contribution < 1.29 is 17.6 Å². The van der Waals surface area contributed by atoms with E-state index in [1.807, 2.05) is 13.8 Å². The molecule has 0 aliphatic carbocycles. The molecule has 8 heteroatoms. The molecule has 6 nitrogen and oxygen atoms in total. The zero-order valence-corrected chi connectivity index (χ0v) is 15.1. The Hall–Kier alpha value is -1.64. The summed E-state index contributed by atoms with van der Waals surface area (Å²) in [6.45, 7) is 4.22. The monoisotopic (exact) mass is 400 g/mol. The number of rotatable bonds is 6. The molecule has 2 N–H and O–H groups in total. The molecule has 0 atom stereocenters. The molecule has 0 aliphatic heterocycles. The molecule has 0 fully saturated rings. The first-order valence-corrected chi connectivity index (χ1v) is 9.22. The minimum absolute atomic E-state index is 0.150. The van der Waals surface area contributed by atoms with Crippen LogP contribution in [0.1, 0.15) is 24.4 Å². The molecule has 0 saturated carbocycles. The summed E-state index contributed by atoms with van der Waals surface area (Å²) >= 11 is 3.12. The van der Waals surface area contributed by atoms with Crippen molar-refractivity contribution in [3.05, 3.63) is 46.8 Å². The Balaban J connectivity index is 2.06. The third-order valence-electron chi connectivity index (χ3n) is 2.90. The zero-order valence-electron chi connectivity index (χ0n) is 12.7. The minimum Gasteiger partial charge on any atom is -0.444 e. The number of halogens is 1. The lowest BCUT2D eigenvalue weighted by Crippen LogP contribution is -2.27. The van der Waals surface area contributed by atoms with Crippen molar-refractivity contribution in [2.45, 2.75) is 18.7 Å². The fraction of sp³-hybridized carbons (Fsp3) is 0.267.